The van der Waals surface area contributed by atoms with Crippen LogP contribution in [0.3, 0.4) is 0 Å². The van der Waals surface area contributed by atoms with Crippen molar-refractivity contribution < 1.29 is 24.9 Å². The van der Waals surface area contributed by atoms with E-state index in [1.807, 2.05) is 6.92 Å². The Hall–Kier alpha value is -0.650. The van der Waals surface area contributed by atoms with E-state index in [0.29, 0.717) is 6.42 Å². The van der Waals surface area contributed by atoms with Crippen LogP contribution in [-0.2, 0) is 9.53 Å². The molecule has 0 rings (SSSR count). The summed E-state index contributed by atoms with van der Waals surface area (Å²) in [6.45, 7) is 3.26. The van der Waals surface area contributed by atoms with Crippen LogP contribution >= 0.6 is 0 Å². The van der Waals surface area contributed by atoms with Crippen LogP contribution in [0.25, 0.3) is 0 Å². The van der Waals surface area contributed by atoms with E-state index in [1.54, 1.807) is 0 Å². The number of esters is 1. The van der Waals surface area contributed by atoms with E-state index in [0.717, 1.165) is 19.3 Å². The number of unbranched alkanes of at least 4 members (excludes halogenated alkanes) is 2. The molecule has 0 aliphatic heterocycles. The molecule has 3 unspecified atom stereocenters. The smallest absolute Gasteiger partial charge is 0.337 e. The second-order valence-corrected chi connectivity index (χ2v) is 3.57. The van der Waals surface area contributed by atoms with E-state index >= 15 is 0 Å². The Morgan fingerprint density at radius 2 is 1.87 bits per heavy atom. The number of hydrogen-bond acceptors (Lipinski definition) is 5. The SMILES string of the molecule is CCCCCC(O)C(O)OC(=O)C(C)O. The van der Waals surface area contributed by atoms with Crippen molar-refractivity contribution in [1.82, 2.24) is 0 Å². The summed E-state index contributed by atoms with van der Waals surface area (Å²) in [6.07, 6.45) is -0.821. The summed E-state index contributed by atoms with van der Waals surface area (Å²) in [4.78, 5) is 10.8. The first-order valence-electron chi connectivity index (χ1n) is 5.23. The van der Waals surface area contributed by atoms with Gasteiger partial charge in [0.05, 0.1) is 0 Å². The van der Waals surface area contributed by atoms with Gasteiger partial charge < -0.3 is 20.1 Å². The summed E-state index contributed by atoms with van der Waals surface area (Å²) in [5.74, 6) is -0.933. The second kappa shape index (κ2) is 7.62. The Labute approximate surface area is 89.7 Å². The number of ether oxygens (including phenoxy) is 1. The summed E-state index contributed by atoms with van der Waals surface area (Å²) in [5, 5.41) is 27.4. The number of hydrogen-bond donors (Lipinski definition) is 3. The molecule has 0 aromatic carbocycles. The van der Waals surface area contributed by atoms with Crippen LogP contribution in [-0.4, -0.2) is 39.8 Å². The van der Waals surface area contributed by atoms with Gasteiger partial charge in [-0.05, 0) is 13.3 Å². The van der Waals surface area contributed by atoms with Gasteiger partial charge in [-0.2, -0.15) is 0 Å². The fourth-order valence-corrected chi connectivity index (χ4v) is 1.04. The van der Waals surface area contributed by atoms with Crippen LogP contribution in [0.5, 0.6) is 0 Å². The standard InChI is InChI=1S/C10H20O5/c1-3-4-5-6-8(12)10(14)15-9(13)7(2)11/h7-8,10-12,14H,3-6H2,1-2H3. The minimum Gasteiger partial charge on any atom is -0.431 e. The predicted octanol–water partition coefficient (Wildman–Crippen LogP) is 0.170. The lowest BCUT2D eigenvalue weighted by Crippen LogP contribution is -2.34. The Balaban J connectivity index is 3.77. The molecule has 0 aromatic rings. The van der Waals surface area contributed by atoms with Crippen LogP contribution in [0.15, 0.2) is 0 Å². The van der Waals surface area contributed by atoms with Crippen molar-refractivity contribution >= 4 is 5.97 Å². The van der Waals surface area contributed by atoms with Crippen molar-refractivity contribution in [2.45, 2.75) is 58.0 Å². The normalized spacial score (nSPS) is 16.9. The third kappa shape index (κ3) is 6.43. The number of aliphatic hydroxyl groups excluding tert-OH is 3. The maximum atomic E-state index is 10.8. The van der Waals surface area contributed by atoms with Gasteiger partial charge in [-0.1, -0.05) is 26.2 Å². The Morgan fingerprint density at radius 1 is 1.27 bits per heavy atom. The molecular formula is C10H20O5. The van der Waals surface area contributed by atoms with Crippen LogP contribution in [0.1, 0.15) is 39.5 Å². The number of aliphatic hydroxyl groups is 3. The van der Waals surface area contributed by atoms with Gasteiger partial charge in [-0.25, -0.2) is 4.79 Å². The minimum absolute atomic E-state index is 0.377. The summed E-state index contributed by atoms with van der Waals surface area (Å²) in [7, 11) is 0. The molecule has 5 heteroatoms. The summed E-state index contributed by atoms with van der Waals surface area (Å²) >= 11 is 0. The maximum absolute atomic E-state index is 10.8. The molecule has 0 spiro atoms. The van der Waals surface area contributed by atoms with Crippen LogP contribution in [0.4, 0.5) is 0 Å². The Bertz CT molecular complexity index is 181. The molecule has 0 heterocycles. The van der Waals surface area contributed by atoms with Crippen LogP contribution in [0, 0.1) is 0 Å². The van der Waals surface area contributed by atoms with E-state index in [4.69, 9.17) is 5.11 Å². The molecule has 5 nitrogen and oxygen atoms in total. The first kappa shape index (κ1) is 14.3. The molecule has 0 saturated carbocycles. The quantitative estimate of drug-likeness (QED) is 0.323. The van der Waals surface area contributed by atoms with E-state index < -0.39 is 24.5 Å². The average Bonchev–Trinajstić information content (AvgIpc) is 2.17. The van der Waals surface area contributed by atoms with E-state index in [9.17, 15) is 15.0 Å². The molecular weight excluding hydrogens is 200 g/mol. The first-order chi connectivity index (χ1) is 6.99. The van der Waals surface area contributed by atoms with Crippen molar-refractivity contribution in [3.05, 3.63) is 0 Å². The first-order valence-corrected chi connectivity index (χ1v) is 5.23. The van der Waals surface area contributed by atoms with Crippen LogP contribution in [0.2, 0.25) is 0 Å². The Kier molecular flexibility index (Phi) is 7.29. The summed E-state index contributed by atoms with van der Waals surface area (Å²) in [5.41, 5.74) is 0. The van der Waals surface area contributed by atoms with Crippen molar-refractivity contribution in [3.63, 3.8) is 0 Å². The maximum Gasteiger partial charge on any atom is 0.337 e. The lowest BCUT2D eigenvalue weighted by atomic mass is 10.1. The van der Waals surface area contributed by atoms with Crippen molar-refractivity contribution in [3.8, 4) is 0 Å². The zero-order valence-corrected chi connectivity index (χ0v) is 9.22. The third-order valence-electron chi connectivity index (χ3n) is 2.01. The van der Waals surface area contributed by atoms with Crippen molar-refractivity contribution in [2.75, 3.05) is 0 Å². The fraction of sp³-hybridized carbons (Fsp3) is 0.900. The fourth-order valence-electron chi connectivity index (χ4n) is 1.04. The highest BCUT2D eigenvalue weighted by atomic mass is 16.7. The molecule has 0 aromatic heterocycles. The molecule has 0 bridgehead atoms. The van der Waals surface area contributed by atoms with E-state index in [1.165, 1.54) is 6.92 Å². The van der Waals surface area contributed by atoms with Gasteiger partial charge in [0.25, 0.3) is 0 Å². The zero-order chi connectivity index (χ0) is 11.8. The van der Waals surface area contributed by atoms with Crippen LogP contribution < -0.4 is 0 Å². The van der Waals surface area contributed by atoms with Gasteiger partial charge >= 0.3 is 5.97 Å². The molecule has 0 radical (unpaired) electrons. The van der Waals surface area contributed by atoms with Gasteiger partial charge in [-0.15, -0.1) is 0 Å². The van der Waals surface area contributed by atoms with E-state index in [-0.39, 0.29) is 0 Å². The molecule has 0 aliphatic rings. The third-order valence-corrected chi connectivity index (χ3v) is 2.01. The molecule has 15 heavy (non-hydrogen) atoms. The van der Waals surface area contributed by atoms with Gasteiger partial charge in [0.2, 0.25) is 6.29 Å². The highest BCUT2D eigenvalue weighted by Gasteiger charge is 2.22. The second-order valence-electron chi connectivity index (χ2n) is 3.57. The number of carbonyl (C=O) groups is 1. The topological polar surface area (TPSA) is 87.0 Å². The molecule has 0 saturated heterocycles. The van der Waals surface area contributed by atoms with Gasteiger partial charge in [0.15, 0.2) is 0 Å². The van der Waals surface area contributed by atoms with Crippen molar-refractivity contribution in [1.29, 1.82) is 0 Å². The van der Waals surface area contributed by atoms with Gasteiger partial charge in [0, 0.05) is 0 Å². The number of rotatable bonds is 7. The molecule has 0 amide bonds. The number of carbonyl (C=O) groups excluding carboxylic acids is 1. The molecule has 3 N–H and O–H groups in total. The molecule has 90 valence electrons. The summed E-state index contributed by atoms with van der Waals surface area (Å²) < 4.78 is 4.42. The lowest BCUT2D eigenvalue weighted by molar-refractivity contribution is -0.194. The lowest BCUT2D eigenvalue weighted by Gasteiger charge is -2.18. The molecule has 0 aliphatic carbocycles. The van der Waals surface area contributed by atoms with Crippen molar-refractivity contribution in [2.24, 2.45) is 0 Å². The Morgan fingerprint density at radius 3 is 2.33 bits per heavy atom. The monoisotopic (exact) mass is 220 g/mol. The highest BCUT2D eigenvalue weighted by molar-refractivity contribution is 5.73. The highest BCUT2D eigenvalue weighted by Crippen LogP contribution is 2.08. The average molecular weight is 220 g/mol. The zero-order valence-electron chi connectivity index (χ0n) is 9.22. The van der Waals surface area contributed by atoms with Gasteiger partial charge in [0.1, 0.15) is 12.2 Å². The van der Waals surface area contributed by atoms with Gasteiger partial charge in [-0.3, -0.25) is 0 Å². The summed E-state index contributed by atoms with van der Waals surface area (Å²) in [6, 6.07) is 0. The minimum atomic E-state index is -1.55. The molecule has 3 atom stereocenters. The van der Waals surface area contributed by atoms with E-state index in [2.05, 4.69) is 4.74 Å². The predicted molar refractivity (Wildman–Crippen MR) is 53.9 cm³/mol. The molecule has 0 fully saturated rings. The largest absolute Gasteiger partial charge is 0.431 e.